The molecule has 0 fully saturated rings. The van der Waals surface area contributed by atoms with Crippen LogP contribution in [0, 0.1) is 6.92 Å². The zero-order valence-electron chi connectivity index (χ0n) is 11.8. The van der Waals surface area contributed by atoms with Gasteiger partial charge in [-0.05, 0) is 48.9 Å². The van der Waals surface area contributed by atoms with Gasteiger partial charge in [0.15, 0.2) is 0 Å². The molecule has 0 saturated carbocycles. The molecule has 22 heavy (non-hydrogen) atoms. The minimum atomic E-state index is -0.302. The van der Waals surface area contributed by atoms with Crippen LogP contribution in [0.15, 0.2) is 46.9 Å². The van der Waals surface area contributed by atoms with Crippen molar-refractivity contribution in [3.63, 3.8) is 0 Å². The molecule has 0 aromatic heterocycles. The van der Waals surface area contributed by atoms with Crippen molar-refractivity contribution in [2.75, 3.05) is 11.9 Å². The SMILES string of the molecule is Cc1cc(Cl)ccc1NC(=O)CNC(=O)c1cccc(Br)c1. The third-order valence-corrected chi connectivity index (χ3v) is 3.69. The van der Waals surface area contributed by atoms with E-state index in [1.165, 1.54) is 0 Å². The van der Waals surface area contributed by atoms with Crippen LogP contribution in [-0.4, -0.2) is 18.4 Å². The van der Waals surface area contributed by atoms with Crippen molar-refractivity contribution in [3.8, 4) is 0 Å². The number of halogens is 2. The van der Waals surface area contributed by atoms with Crippen molar-refractivity contribution in [2.24, 2.45) is 0 Å². The molecule has 2 amide bonds. The van der Waals surface area contributed by atoms with E-state index >= 15 is 0 Å². The average molecular weight is 382 g/mol. The molecule has 2 N–H and O–H groups in total. The normalized spacial score (nSPS) is 10.1. The summed E-state index contributed by atoms with van der Waals surface area (Å²) in [6.07, 6.45) is 0. The largest absolute Gasteiger partial charge is 0.343 e. The molecule has 0 bridgehead atoms. The van der Waals surface area contributed by atoms with Gasteiger partial charge in [0.05, 0.1) is 6.54 Å². The summed E-state index contributed by atoms with van der Waals surface area (Å²) in [7, 11) is 0. The number of aryl methyl sites for hydroxylation is 1. The van der Waals surface area contributed by atoms with Gasteiger partial charge in [-0.2, -0.15) is 0 Å². The van der Waals surface area contributed by atoms with Gasteiger partial charge in [-0.1, -0.05) is 33.6 Å². The molecule has 0 atom stereocenters. The first-order valence-corrected chi connectivity index (χ1v) is 7.72. The van der Waals surface area contributed by atoms with Crippen LogP contribution in [0.5, 0.6) is 0 Å². The summed E-state index contributed by atoms with van der Waals surface area (Å²) in [5.74, 6) is -0.599. The molecule has 0 aliphatic heterocycles. The van der Waals surface area contributed by atoms with Crippen molar-refractivity contribution >= 4 is 45.0 Å². The molecule has 0 saturated heterocycles. The summed E-state index contributed by atoms with van der Waals surface area (Å²) in [5.41, 5.74) is 2.02. The second-order valence-corrected chi connectivity index (χ2v) is 6.05. The van der Waals surface area contributed by atoms with Crippen LogP contribution < -0.4 is 10.6 Å². The van der Waals surface area contributed by atoms with E-state index in [-0.39, 0.29) is 18.4 Å². The number of carbonyl (C=O) groups is 2. The van der Waals surface area contributed by atoms with Crippen molar-refractivity contribution in [2.45, 2.75) is 6.92 Å². The number of amides is 2. The van der Waals surface area contributed by atoms with Gasteiger partial charge in [0.1, 0.15) is 0 Å². The number of hydrogen-bond acceptors (Lipinski definition) is 2. The summed E-state index contributed by atoms with van der Waals surface area (Å²) < 4.78 is 0.807. The van der Waals surface area contributed by atoms with Crippen molar-refractivity contribution in [1.29, 1.82) is 0 Å². The smallest absolute Gasteiger partial charge is 0.251 e. The zero-order chi connectivity index (χ0) is 16.1. The lowest BCUT2D eigenvalue weighted by Crippen LogP contribution is -2.33. The molecule has 4 nitrogen and oxygen atoms in total. The van der Waals surface area contributed by atoms with E-state index in [0.29, 0.717) is 16.3 Å². The summed E-state index contributed by atoms with van der Waals surface area (Å²) in [6, 6.07) is 12.1. The summed E-state index contributed by atoms with van der Waals surface area (Å²) in [5, 5.41) is 5.92. The third-order valence-electron chi connectivity index (χ3n) is 2.96. The molecule has 0 aliphatic rings. The van der Waals surface area contributed by atoms with E-state index in [1.807, 2.05) is 13.0 Å². The lowest BCUT2D eigenvalue weighted by molar-refractivity contribution is -0.115. The zero-order valence-corrected chi connectivity index (χ0v) is 14.2. The molecule has 2 aromatic rings. The van der Waals surface area contributed by atoms with Gasteiger partial charge in [0.25, 0.3) is 5.91 Å². The van der Waals surface area contributed by atoms with Crippen molar-refractivity contribution in [3.05, 3.63) is 63.1 Å². The minimum absolute atomic E-state index is 0.104. The van der Waals surface area contributed by atoms with Gasteiger partial charge in [0, 0.05) is 20.7 Å². The first-order chi connectivity index (χ1) is 10.5. The van der Waals surface area contributed by atoms with E-state index in [1.54, 1.807) is 36.4 Å². The molecule has 114 valence electrons. The molecule has 0 aliphatic carbocycles. The predicted molar refractivity (Wildman–Crippen MR) is 91.3 cm³/mol. The Morgan fingerprint density at radius 1 is 1.18 bits per heavy atom. The number of anilines is 1. The van der Waals surface area contributed by atoms with Crippen LogP contribution in [0.2, 0.25) is 5.02 Å². The fraction of sp³-hybridized carbons (Fsp3) is 0.125. The monoisotopic (exact) mass is 380 g/mol. The quantitative estimate of drug-likeness (QED) is 0.847. The van der Waals surface area contributed by atoms with Gasteiger partial charge in [-0.3, -0.25) is 9.59 Å². The van der Waals surface area contributed by atoms with Gasteiger partial charge in [-0.25, -0.2) is 0 Å². The number of rotatable bonds is 4. The molecule has 2 aromatic carbocycles. The highest BCUT2D eigenvalue weighted by Crippen LogP contribution is 2.19. The molecule has 6 heteroatoms. The second-order valence-electron chi connectivity index (χ2n) is 4.70. The Morgan fingerprint density at radius 2 is 1.95 bits per heavy atom. The van der Waals surface area contributed by atoms with Crippen LogP contribution in [-0.2, 0) is 4.79 Å². The van der Waals surface area contributed by atoms with Crippen LogP contribution in [0.25, 0.3) is 0 Å². The van der Waals surface area contributed by atoms with Gasteiger partial charge < -0.3 is 10.6 Å². The maximum atomic E-state index is 11.9. The fourth-order valence-electron chi connectivity index (χ4n) is 1.85. The van der Waals surface area contributed by atoms with E-state index in [2.05, 4.69) is 26.6 Å². The lowest BCUT2D eigenvalue weighted by atomic mass is 10.2. The maximum Gasteiger partial charge on any atom is 0.251 e. The Bertz CT molecular complexity index is 719. The predicted octanol–water partition coefficient (Wildman–Crippen LogP) is 3.78. The highest BCUT2D eigenvalue weighted by atomic mass is 79.9. The number of carbonyl (C=O) groups excluding carboxylic acids is 2. The highest BCUT2D eigenvalue weighted by molar-refractivity contribution is 9.10. The van der Waals surface area contributed by atoms with Gasteiger partial charge >= 0.3 is 0 Å². The van der Waals surface area contributed by atoms with E-state index in [4.69, 9.17) is 11.6 Å². The van der Waals surface area contributed by atoms with Crippen molar-refractivity contribution < 1.29 is 9.59 Å². The fourth-order valence-corrected chi connectivity index (χ4v) is 2.48. The molecule has 0 heterocycles. The summed E-state index contributed by atoms with van der Waals surface area (Å²) in [6.45, 7) is 1.75. The van der Waals surface area contributed by atoms with E-state index in [9.17, 15) is 9.59 Å². The average Bonchev–Trinajstić information content (AvgIpc) is 2.47. The summed E-state index contributed by atoms with van der Waals surface area (Å²) >= 11 is 9.16. The Morgan fingerprint density at radius 3 is 2.64 bits per heavy atom. The van der Waals surface area contributed by atoms with Crippen LogP contribution in [0.3, 0.4) is 0 Å². The molecule has 0 spiro atoms. The Labute approximate surface area is 142 Å². The minimum Gasteiger partial charge on any atom is -0.343 e. The topological polar surface area (TPSA) is 58.2 Å². The Hall–Kier alpha value is -1.85. The van der Waals surface area contributed by atoms with Crippen molar-refractivity contribution in [1.82, 2.24) is 5.32 Å². The molecule has 0 unspecified atom stereocenters. The van der Waals surface area contributed by atoms with Gasteiger partial charge in [-0.15, -0.1) is 0 Å². The molecular formula is C16H14BrClN2O2. The van der Waals surface area contributed by atoms with E-state index in [0.717, 1.165) is 10.0 Å². The molecular weight excluding hydrogens is 368 g/mol. The van der Waals surface area contributed by atoms with Gasteiger partial charge in [0.2, 0.25) is 5.91 Å². The second kappa shape index (κ2) is 7.42. The third kappa shape index (κ3) is 4.58. The first kappa shape index (κ1) is 16.5. The molecule has 2 rings (SSSR count). The van der Waals surface area contributed by atoms with Crippen LogP contribution >= 0.6 is 27.5 Å². The Balaban J connectivity index is 1.91. The van der Waals surface area contributed by atoms with Crippen LogP contribution in [0.1, 0.15) is 15.9 Å². The first-order valence-electron chi connectivity index (χ1n) is 6.55. The maximum absolute atomic E-state index is 11.9. The number of benzene rings is 2. The number of hydrogen-bond donors (Lipinski definition) is 2. The standard InChI is InChI=1S/C16H14BrClN2O2/c1-10-7-13(18)5-6-14(10)20-15(21)9-19-16(22)11-3-2-4-12(17)8-11/h2-8H,9H2,1H3,(H,19,22)(H,20,21). The summed E-state index contributed by atoms with van der Waals surface area (Å²) in [4.78, 5) is 23.8. The Kier molecular flexibility index (Phi) is 5.57. The molecule has 0 radical (unpaired) electrons. The van der Waals surface area contributed by atoms with E-state index < -0.39 is 0 Å². The lowest BCUT2D eigenvalue weighted by Gasteiger charge is -2.09. The highest BCUT2D eigenvalue weighted by Gasteiger charge is 2.09. The number of nitrogens with one attached hydrogen (secondary N) is 2. The van der Waals surface area contributed by atoms with Crippen LogP contribution in [0.4, 0.5) is 5.69 Å².